The first-order valence-electron chi connectivity index (χ1n) is 12.6. The van der Waals surface area contributed by atoms with Gasteiger partial charge in [0.05, 0.1) is 46.1 Å². The lowest BCUT2D eigenvalue weighted by molar-refractivity contribution is -0.139. The maximum atomic E-state index is 13.9. The molecule has 0 unspecified atom stereocenters. The Morgan fingerprint density at radius 1 is 1.20 bits per heavy atom. The lowest BCUT2D eigenvalue weighted by Gasteiger charge is -2.25. The summed E-state index contributed by atoms with van der Waals surface area (Å²) in [5, 5.41) is 0. The summed E-state index contributed by atoms with van der Waals surface area (Å²) in [5.41, 5.74) is 1.82. The summed E-state index contributed by atoms with van der Waals surface area (Å²) in [6.07, 6.45) is 1.71. The number of thiazole rings is 1. The Balaban J connectivity index is 1.88. The van der Waals surface area contributed by atoms with Crippen LogP contribution < -0.4 is 29.1 Å². The monoisotopic (exact) mass is 628 g/mol. The molecule has 1 atom stereocenters. The smallest absolute Gasteiger partial charge is 0.338 e. The molecule has 0 N–H and O–H groups in total. The third kappa shape index (κ3) is 6.05. The van der Waals surface area contributed by atoms with E-state index in [4.69, 9.17) is 18.9 Å². The molecule has 2 heterocycles. The Morgan fingerprint density at radius 2 is 1.90 bits per heavy atom. The minimum atomic E-state index is -0.738. The molecule has 0 radical (unpaired) electrons. The van der Waals surface area contributed by atoms with Gasteiger partial charge in [-0.05, 0) is 85.1 Å². The average Bonchev–Trinajstić information content (AvgIpc) is 3.18. The van der Waals surface area contributed by atoms with Crippen molar-refractivity contribution in [3.63, 3.8) is 0 Å². The van der Waals surface area contributed by atoms with Crippen LogP contribution in [0.1, 0.15) is 51.8 Å². The number of aromatic nitrogens is 1. The van der Waals surface area contributed by atoms with Gasteiger partial charge in [-0.2, -0.15) is 0 Å². The molecule has 1 aromatic heterocycles. The molecule has 1 aliphatic heterocycles. The van der Waals surface area contributed by atoms with Crippen molar-refractivity contribution in [2.24, 2.45) is 4.99 Å². The number of esters is 2. The van der Waals surface area contributed by atoms with Gasteiger partial charge < -0.3 is 18.9 Å². The minimum Gasteiger partial charge on any atom is -0.493 e. The van der Waals surface area contributed by atoms with Crippen LogP contribution in [0.25, 0.3) is 6.08 Å². The number of ether oxygens (including phenoxy) is 4. The topological polar surface area (TPSA) is 105 Å². The quantitative estimate of drug-likeness (QED) is 0.271. The van der Waals surface area contributed by atoms with Gasteiger partial charge in [0, 0.05) is 6.92 Å². The van der Waals surface area contributed by atoms with Crippen molar-refractivity contribution in [2.45, 2.75) is 46.8 Å². The van der Waals surface area contributed by atoms with Crippen LogP contribution in [0, 0.1) is 0 Å². The predicted octanol–water partition coefficient (Wildman–Crippen LogP) is 4.28. The van der Waals surface area contributed by atoms with Gasteiger partial charge >= 0.3 is 11.9 Å². The lowest BCUT2D eigenvalue weighted by atomic mass is 9.96. The van der Waals surface area contributed by atoms with Crippen LogP contribution in [0.3, 0.4) is 0 Å². The largest absolute Gasteiger partial charge is 0.493 e. The molecule has 0 saturated heterocycles. The molecule has 210 valence electrons. The fourth-order valence-corrected chi connectivity index (χ4v) is 5.91. The highest BCUT2D eigenvalue weighted by Crippen LogP contribution is 2.37. The van der Waals surface area contributed by atoms with E-state index in [0.29, 0.717) is 42.1 Å². The normalized spacial score (nSPS) is 15.0. The minimum absolute atomic E-state index is 0.00232. The van der Waals surface area contributed by atoms with E-state index in [1.54, 1.807) is 32.1 Å². The average molecular weight is 630 g/mol. The van der Waals surface area contributed by atoms with E-state index in [1.165, 1.54) is 29.9 Å². The summed E-state index contributed by atoms with van der Waals surface area (Å²) in [7, 11) is 1.46. The number of allylic oxidation sites excluding steroid dienone is 1. The molecule has 0 saturated carbocycles. The molecule has 0 bridgehead atoms. The molecular weight excluding hydrogens is 600 g/mol. The van der Waals surface area contributed by atoms with Gasteiger partial charge in [0.2, 0.25) is 0 Å². The molecule has 9 nitrogen and oxygen atoms in total. The number of nitrogens with zero attached hydrogens (tertiary/aromatic N) is 2. The van der Waals surface area contributed by atoms with Crippen LogP contribution in [0.4, 0.5) is 0 Å². The third-order valence-corrected chi connectivity index (χ3v) is 7.45. The highest BCUT2D eigenvalue weighted by Gasteiger charge is 2.33. The zero-order valence-corrected chi connectivity index (χ0v) is 25.3. The number of hydrogen-bond acceptors (Lipinski definition) is 9. The standard InChI is InChI=1S/C29H29BrN2O7S/c1-7-37-28(35)24-16(4)31-29-32(25(24)19-8-10-20(11-9-19)38-15(2)3)27(34)23(40-29)14-18-12-21(30)26(39-17(5)33)22(13-18)36-6/h8-15,25H,7H2,1-6H3/b23-14-/t25-/m0/s1. The van der Waals surface area contributed by atoms with E-state index >= 15 is 0 Å². The summed E-state index contributed by atoms with van der Waals surface area (Å²) >= 11 is 4.63. The molecule has 4 rings (SSSR count). The number of methoxy groups -OCH3 is 1. The molecule has 0 fully saturated rings. The second-order valence-corrected chi connectivity index (χ2v) is 11.0. The van der Waals surface area contributed by atoms with Gasteiger partial charge in [0.1, 0.15) is 5.75 Å². The van der Waals surface area contributed by atoms with E-state index < -0.39 is 18.0 Å². The molecule has 0 aliphatic carbocycles. The SMILES string of the molecule is CCOC(=O)C1=C(C)N=c2s/c(=C\c3cc(Br)c(OC(C)=O)c(OC)c3)c(=O)n2[C@H]1c1ccc(OC(C)C)cc1. The predicted molar refractivity (Wildman–Crippen MR) is 155 cm³/mol. The Labute approximate surface area is 243 Å². The van der Waals surface area contributed by atoms with E-state index in [0.717, 1.165) is 5.56 Å². The Bertz CT molecular complexity index is 1670. The first-order valence-corrected chi connectivity index (χ1v) is 14.2. The van der Waals surface area contributed by atoms with Crippen LogP contribution in [-0.4, -0.2) is 36.3 Å². The zero-order valence-electron chi connectivity index (χ0n) is 22.9. The Morgan fingerprint density at radius 3 is 2.50 bits per heavy atom. The molecule has 40 heavy (non-hydrogen) atoms. The first kappa shape index (κ1) is 29.3. The van der Waals surface area contributed by atoms with Crippen LogP contribution in [0.15, 0.2) is 61.9 Å². The molecule has 0 amide bonds. The number of rotatable bonds is 8. The second kappa shape index (κ2) is 12.2. The van der Waals surface area contributed by atoms with Crippen molar-refractivity contribution in [1.82, 2.24) is 4.57 Å². The van der Waals surface area contributed by atoms with Crippen molar-refractivity contribution < 1.29 is 28.5 Å². The van der Waals surface area contributed by atoms with E-state index in [-0.39, 0.29) is 24.0 Å². The van der Waals surface area contributed by atoms with Gasteiger partial charge in [0.25, 0.3) is 5.56 Å². The maximum absolute atomic E-state index is 13.9. The molecule has 3 aromatic rings. The second-order valence-electron chi connectivity index (χ2n) is 9.17. The van der Waals surface area contributed by atoms with Gasteiger partial charge in [-0.15, -0.1) is 0 Å². The van der Waals surface area contributed by atoms with Crippen molar-refractivity contribution in [3.8, 4) is 17.2 Å². The zero-order chi connectivity index (χ0) is 29.1. The summed E-state index contributed by atoms with van der Waals surface area (Å²) in [5.74, 6) is 0.233. The van der Waals surface area contributed by atoms with Crippen LogP contribution in [0.5, 0.6) is 17.2 Å². The van der Waals surface area contributed by atoms with Crippen molar-refractivity contribution in [2.75, 3.05) is 13.7 Å². The van der Waals surface area contributed by atoms with E-state index in [9.17, 15) is 14.4 Å². The molecule has 0 spiro atoms. The number of hydrogen-bond donors (Lipinski definition) is 0. The van der Waals surface area contributed by atoms with Crippen LogP contribution in [0.2, 0.25) is 0 Å². The van der Waals surface area contributed by atoms with E-state index in [1.807, 2.05) is 38.1 Å². The van der Waals surface area contributed by atoms with Gasteiger partial charge in [-0.25, -0.2) is 9.79 Å². The number of fused-ring (bicyclic) bond motifs is 1. The molecule has 11 heteroatoms. The van der Waals surface area contributed by atoms with Crippen molar-refractivity contribution >= 4 is 45.3 Å². The summed E-state index contributed by atoms with van der Waals surface area (Å²) in [6, 6.07) is 9.97. The molecule has 2 aromatic carbocycles. The number of benzene rings is 2. The number of carbonyl (C=O) groups is 2. The molecular formula is C29H29BrN2O7S. The fraction of sp³-hybridized carbons (Fsp3) is 0.310. The number of halogens is 1. The Hall–Kier alpha value is -3.70. The Kier molecular flexibility index (Phi) is 8.95. The highest BCUT2D eigenvalue weighted by molar-refractivity contribution is 9.10. The third-order valence-electron chi connectivity index (χ3n) is 5.88. The van der Waals surface area contributed by atoms with Gasteiger partial charge in [-0.1, -0.05) is 23.5 Å². The number of carbonyl (C=O) groups excluding carboxylic acids is 2. The lowest BCUT2D eigenvalue weighted by Crippen LogP contribution is -2.39. The highest BCUT2D eigenvalue weighted by atomic mass is 79.9. The van der Waals surface area contributed by atoms with Gasteiger partial charge in [0.15, 0.2) is 16.3 Å². The molecule has 1 aliphatic rings. The van der Waals surface area contributed by atoms with E-state index in [2.05, 4.69) is 20.9 Å². The van der Waals surface area contributed by atoms with Crippen molar-refractivity contribution in [3.05, 3.63) is 83.0 Å². The summed E-state index contributed by atoms with van der Waals surface area (Å²) < 4.78 is 24.2. The van der Waals surface area contributed by atoms with Crippen LogP contribution in [-0.2, 0) is 14.3 Å². The summed E-state index contributed by atoms with van der Waals surface area (Å²) in [6.45, 7) is 8.84. The first-order chi connectivity index (χ1) is 19.0. The summed E-state index contributed by atoms with van der Waals surface area (Å²) in [4.78, 5) is 43.6. The van der Waals surface area contributed by atoms with Gasteiger partial charge in [-0.3, -0.25) is 14.2 Å². The van der Waals surface area contributed by atoms with Crippen molar-refractivity contribution in [1.29, 1.82) is 0 Å². The van der Waals surface area contributed by atoms with Crippen LogP contribution >= 0.6 is 27.3 Å². The maximum Gasteiger partial charge on any atom is 0.338 e. The fourth-order valence-electron chi connectivity index (χ4n) is 4.33.